The van der Waals surface area contributed by atoms with Gasteiger partial charge in [-0.1, -0.05) is 6.07 Å². The summed E-state index contributed by atoms with van der Waals surface area (Å²) in [6.07, 6.45) is 4.49. The molecule has 4 heteroatoms. The highest BCUT2D eigenvalue weighted by molar-refractivity contribution is 6.05. The number of pyridine rings is 1. The van der Waals surface area contributed by atoms with Gasteiger partial charge in [0.05, 0.1) is 7.11 Å². The van der Waals surface area contributed by atoms with E-state index in [4.69, 9.17) is 4.74 Å². The fourth-order valence-electron chi connectivity index (χ4n) is 1.55. The molecule has 0 aliphatic carbocycles. The fourth-order valence-corrected chi connectivity index (χ4v) is 1.55. The first kappa shape index (κ1) is 12.8. The molecule has 0 bridgehead atoms. The number of hydrogen-bond donors (Lipinski definition) is 1. The van der Waals surface area contributed by atoms with E-state index in [1.807, 2.05) is 0 Å². The molecule has 0 radical (unpaired) electrons. The highest BCUT2D eigenvalue weighted by atomic mass is 16.5. The number of aromatic nitrogens is 1. The first-order chi connectivity index (χ1) is 9.20. The Balaban J connectivity index is 2.17. The number of hydrogen-bond acceptors (Lipinski definition) is 4. The third-order valence-electron chi connectivity index (χ3n) is 2.57. The number of phenols is 1. The van der Waals surface area contributed by atoms with E-state index < -0.39 is 0 Å². The maximum atomic E-state index is 11.8. The molecule has 1 aromatic carbocycles. The van der Waals surface area contributed by atoms with Gasteiger partial charge in [-0.2, -0.15) is 0 Å². The van der Waals surface area contributed by atoms with Gasteiger partial charge < -0.3 is 9.84 Å². The third-order valence-corrected chi connectivity index (χ3v) is 2.57. The summed E-state index contributed by atoms with van der Waals surface area (Å²) < 4.78 is 4.98. The highest BCUT2D eigenvalue weighted by Crippen LogP contribution is 2.24. The number of ether oxygens (including phenoxy) is 1. The standard InChI is InChI=1S/C15H13NO3/c1-19-12-7-5-11(15(18)10-12)6-8-14(17)13-4-2-3-9-16-13/h2-10,18H,1H3. The number of phenolic OH excluding ortho intramolecular Hbond substituents is 1. The molecule has 0 saturated carbocycles. The molecule has 0 aliphatic rings. The number of carbonyl (C=O) groups is 1. The number of benzene rings is 1. The number of allylic oxidation sites excluding steroid dienone is 1. The summed E-state index contributed by atoms with van der Waals surface area (Å²) in [7, 11) is 1.52. The van der Waals surface area contributed by atoms with Crippen LogP contribution in [-0.2, 0) is 0 Å². The smallest absolute Gasteiger partial charge is 0.204 e. The molecule has 2 rings (SSSR count). The van der Waals surface area contributed by atoms with E-state index in [2.05, 4.69) is 4.98 Å². The van der Waals surface area contributed by atoms with Crippen LogP contribution < -0.4 is 4.74 Å². The van der Waals surface area contributed by atoms with Crippen LogP contribution in [0.1, 0.15) is 16.1 Å². The van der Waals surface area contributed by atoms with Gasteiger partial charge in [-0.05, 0) is 36.4 Å². The van der Waals surface area contributed by atoms with Crippen LogP contribution in [0.15, 0.2) is 48.7 Å². The number of methoxy groups -OCH3 is 1. The van der Waals surface area contributed by atoms with E-state index in [0.717, 1.165) is 0 Å². The Morgan fingerprint density at radius 2 is 2.16 bits per heavy atom. The predicted octanol–water partition coefficient (Wildman–Crippen LogP) is 2.69. The van der Waals surface area contributed by atoms with Crippen molar-refractivity contribution in [2.45, 2.75) is 0 Å². The minimum absolute atomic E-state index is 0.0596. The van der Waals surface area contributed by atoms with E-state index in [9.17, 15) is 9.90 Å². The third kappa shape index (κ3) is 3.19. The van der Waals surface area contributed by atoms with E-state index in [1.54, 1.807) is 42.6 Å². The lowest BCUT2D eigenvalue weighted by Gasteiger charge is -2.02. The van der Waals surface area contributed by atoms with Gasteiger partial charge in [-0.15, -0.1) is 0 Å². The summed E-state index contributed by atoms with van der Waals surface area (Å²) in [5, 5.41) is 9.75. The molecule has 4 nitrogen and oxygen atoms in total. The number of aromatic hydroxyl groups is 1. The second-order valence-electron chi connectivity index (χ2n) is 3.84. The Morgan fingerprint density at radius 3 is 2.79 bits per heavy atom. The van der Waals surface area contributed by atoms with Gasteiger partial charge in [-0.25, -0.2) is 0 Å². The summed E-state index contributed by atoms with van der Waals surface area (Å²) in [5.74, 6) is 0.408. The molecule has 0 spiro atoms. The zero-order valence-electron chi connectivity index (χ0n) is 10.4. The van der Waals surface area contributed by atoms with Gasteiger partial charge >= 0.3 is 0 Å². The topological polar surface area (TPSA) is 59.4 Å². The van der Waals surface area contributed by atoms with Crippen molar-refractivity contribution in [2.24, 2.45) is 0 Å². The van der Waals surface area contributed by atoms with Crippen molar-refractivity contribution in [1.82, 2.24) is 4.98 Å². The molecule has 19 heavy (non-hydrogen) atoms. The molecule has 0 saturated heterocycles. The largest absolute Gasteiger partial charge is 0.507 e. The van der Waals surface area contributed by atoms with Gasteiger partial charge in [0, 0.05) is 17.8 Å². The van der Waals surface area contributed by atoms with E-state index in [-0.39, 0.29) is 11.5 Å². The normalized spacial score (nSPS) is 10.6. The van der Waals surface area contributed by atoms with Crippen molar-refractivity contribution in [3.8, 4) is 11.5 Å². The second kappa shape index (κ2) is 5.82. The van der Waals surface area contributed by atoms with Crippen LogP contribution in [0.3, 0.4) is 0 Å². The van der Waals surface area contributed by atoms with Crippen molar-refractivity contribution in [3.05, 3.63) is 59.9 Å². The van der Waals surface area contributed by atoms with Crippen LogP contribution in [0, 0.1) is 0 Å². The molecule has 0 amide bonds. The number of rotatable bonds is 4. The van der Waals surface area contributed by atoms with E-state index in [1.165, 1.54) is 19.3 Å². The van der Waals surface area contributed by atoms with Crippen molar-refractivity contribution >= 4 is 11.9 Å². The lowest BCUT2D eigenvalue weighted by atomic mass is 10.1. The van der Waals surface area contributed by atoms with E-state index in [0.29, 0.717) is 17.0 Å². The molecule has 1 N–H and O–H groups in total. The van der Waals surface area contributed by atoms with Crippen molar-refractivity contribution in [3.63, 3.8) is 0 Å². The molecule has 2 aromatic rings. The summed E-state index contributed by atoms with van der Waals surface area (Å²) in [6.45, 7) is 0. The summed E-state index contributed by atoms with van der Waals surface area (Å²) in [4.78, 5) is 15.8. The zero-order valence-corrected chi connectivity index (χ0v) is 10.4. The molecule has 0 fully saturated rings. The summed E-state index contributed by atoms with van der Waals surface area (Å²) >= 11 is 0. The average molecular weight is 255 g/mol. The van der Waals surface area contributed by atoms with Crippen LogP contribution in [0.2, 0.25) is 0 Å². The molecule has 0 atom stereocenters. The number of carbonyl (C=O) groups excluding carboxylic acids is 1. The molecular weight excluding hydrogens is 242 g/mol. The number of ketones is 1. The van der Waals surface area contributed by atoms with Gasteiger partial charge in [0.1, 0.15) is 17.2 Å². The molecule has 0 aliphatic heterocycles. The molecule has 1 heterocycles. The fraction of sp³-hybridized carbons (Fsp3) is 0.0667. The molecule has 96 valence electrons. The van der Waals surface area contributed by atoms with Crippen molar-refractivity contribution < 1.29 is 14.6 Å². The summed E-state index contributed by atoms with van der Waals surface area (Å²) in [6, 6.07) is 10.0. The maximum Gasteiger partial charge on any atom is 0.204 e. The Labute approximate surface area is 111 Å². The average Bonchev–Trinajstić information content (AvgIpc) is 2.46. The van der Waals surface area contributed by atoms with Crippen LogP contribution >= 0.6 is 0 Å². The van der Waals surface area contributed by atoms with Crippen LogP contribution in [0.25, 0.3) is 6.08 Å². The minimum atomic E-state index is -0.212. The minimum Gasteiger partial charge on any atom is -0.507 e. The maximum absolute atomic E-state index is 11.8. The van der Waals surface area contributed by atoms with Crippen molar-refractivity contribution in [1.29, 1.82) is 0 Å². The lowest BCUT2D eigenvalue weighted by Crippen LogP contribution is -1.96. The van der Waals surface area contributed by atoms with Crippen LogP contribution in [-0.4, -0.2) is 23.0 Å². The Morgan fingerprint density at radius 1 is 1.32 bits per heavy atom. The van der Waals surface area contributed by atoms with Crippen LogP contribution in [0.4, 0.5) is 0 Å². The van der Waals surface area contributed by atoms with Crippen LogP contribution in [0.5, 0.6) is 11.5 Å². The first-order valence-corrected chi connectivity index (χ1v) is 5.71. The number of nitrogens with zero attached hydrogens (tertiary/aromatic N) is 1. The van der Waals surface area contributed by atoms with Gasteiger partial charge in [0.15, 0.2) is 0 Å². The van der Waals surface area contributed by atoms with Gasteiger partial charge in [-0.3, -0.25) is 9.78 Å². The lowest BCUT2D eigenvalue weighted by molar-refractivity contribution is 0.104. The quantitative estimate of drug-likeness (QED) is 0.674. The van der Waals surface area contributed by atoms with E-state index >= 15 is 0 Å². The second-order valence-corrected chi connectivity index (χ2v) is 3.84. The summed E-state index contributed by atoms with van der Waals surface area (Å²) in [5.41, 5.74) is 0.914. The Hall–Kier alpha value is -2.62. The van der Waals surface area contributed by atoms with Crippen molar-refractivity contribution in [2.75, 3.05) is 7.11 Å². The molecule has 0 unspecified atom stereocenters. The predicted molar refractivity (Wildman–Crippen MR) is 72.3 cm³/mol. The zero-order chi connectivity index (χ0) is 13.7. The van der Waals surface area contributed by atoms with Gasteiger partial charge in [0.25, 0.3) is 0 Å². The SMILES string of the molecule is COc1ccc(C=CC(=O)c2ccccn2)c(O)c1. The Bertz CT molecular complexity index is 606. The monoisotopic (exact) mass is 255 g/mol. The first-order valence-electron chi connectivity index (χ1n) is 5.71. The Kier molecular flexibility index (Phi) is 3.93. The van der Waals surface area contributed by atoms with Gasteiger partial charge in [0.2, 0.25) is 5.78 Å². The molecule has 1 aromatic heterocycles. The molecular formula is C15H13NO3. The highest BCUT2D eigenvalue weighted by Gasteiger charge is 2.03.